The lowest BCUT2D eigenvalue weighted by atomic mass is 10.1. The molecule has 1 aromatic heterocycles. The number of fused-ring (bicyclic) bond motifs is 1. The highest BCUT2D eigenvalue weighted by atomic mass is 79.9. The number of benzene rings is 3. The van der Waals surface area contributed by atoms with Crippen molar-refractivity contribution in [1.82, 2.24) is 10.3 Å². The summed E-state index contributed by atoms with van der Waals surface area (Å²) in [4.78, 5) is 3.33. The Labute approximate surface area is 197 Å². The van der Waals surface area contributed by atoms with Crippen molar-refractivity contribution in [3.8, 4) is 11.5 Å². The first-order chi connectivity index (χ1) is 14.7. The highest BCUT2D eigenvalue weighted by molar-refractivity contribution is 9.10. The lowest BCUT2D eigenvalue weighted by Gasteiger charge is -2.15. The van der Waals surface area contributed by atoms with Gasteiger partial charge in [-0.1, -0.05) is 48.5 Å². The molecule has 0 atom stereocenters. The van der Waals surface area contributed by atoms with Crippen molar-refractivity contribution in [1.29, 1.82) is 0 Å². The average molecular weight is 502 g/mol. The third-order valence-corrected chi connectivity index (χ3v) is 5.68. The first kappa shape index (κ1) is 23.2. The molecule has 2 N–H and O–H groups in total. The van der Waals surface area contributed by atoms with E-state index in [4.69, 9.17) is 9.47 Å². The lowest BCUT2D eigenvalue weighted by Crippen LogP contribution is -2.16. The zero-order chi connectivity index (χ0) is 20.8. The number of hydrogen-bond acceptors (Lipinski definition) is 3. The van der Waals surface area contributed by atoms with Gasteiger partial charge in [0.1, 0.15) is 6.61 Å². The van der Waals surface area contributed by atoms with Gasteiger partial charge in [-0.15, -0.1) is 12.4 Å². The number of aromatic amines is 1. The Morgan fingerprint density at radius 2 is 1.74 bits per heavy atom. The number of hydrogen-bond donors (Lipinski definition) is 2. The van der Waals surface area contributed by atoms with Gasteiger partial charge >= 0.3 is 0 Å². The van der Waals surface area contributed by atoms with Crippen molar-refractivity contribution in [2.45, 2.75) is 19.6 Å². The molecule has 0 saturated heterocycles. The summed E-state index contributed by atoms with van der Waals surface area (Å²) in [7, 11) is 1.67. The van der Waals surface area contributed by atoms with Crippen LogP contribution >= 0.6 is 28.3 Å². The van der Waals surface area contributed by atoms with E-state index < -0.39 is 0 Å². The van der Waals surface area contributed by atoms with Gasteiger partial charge in [-0.3, -0.25) is 0 Å². The van der Waals surface area contributed by atoms with Gasteiger partial charge in [0.25, 0.3) is 0 Å². The summed E-state index contributed by atoms with van der Waals surface area (Å²) in [5.74, 6) is 1.46. The molecule has 3 aromatic carbocycles. The van der Waals surface area contributed by atoms with E-state index in [0.717, 1.165) is 46.6 Å². The summed E-state index contributed by atoms with van der Waals surface area (Å²) in [6.07, 6.45) is 3.07. The molecular formula is C25H26BrClN2O2. The summed E-state index contributed by atoms with van der Waals surface area (Å²) in [6, 6.07) is 22.6. The molecule has 0 radical (unpaired) electrons. The van der Waals surface area contributed by atoms with Gasteiger partial charge in [-0.25, -0.2) is 0 Å². The number of H-pyrrole nitrogens is 1. The zero-order valence-corrected chi connectivity index (χ0v) is 19.8. The Bertz CT molecular complexity index is 1120. The predicted molar refractivity (Wildman–Crippen MR) is 132 cm³/mol. The van der Waals surface area contributed by atoms with E-state index in [1.165, 1.54) is 16.5 Å². The fraction of sp³-hybridized carbons (Fsp3) is 0.200. The quantitative estimate of drug-likeness (QED) is 0.266. The van der Waals surface area contributed by atoms with Crippen LogP contribution < -0.4 is 14.8 Å². The summed E-state index contributed by atoms with van der Waals surface area (Å²) in [5.41, 5.74) is 4.79. The first-order valence-corrected chi connectivity index (χ1v) is 10.8. The maximum absolute atomic E-state index is 6.02. The first-order valence-electron chi connectivity index (χ1n) is 10.0. The lowest BCUT2D eigenvalue weighted by molar-refractivity contribution is 0.282. The fourth-order valence-corrected chi connectivity index (χ4v) is 4.14. The van der Waals surface area contributed by atoms with Gasteiger partial charge in [-0.2, -0.15) is 0 Å². The van der Waals surface area contributed by atoms with E-state index in [0.29, 0.717) is 6.61 Å². The van der Waals surface area contributed by atoms with Crippen molar-refractivity contribution in [3.63, 3.8) is 0 Å². The van der Waals surface area contributed by atoms with Gasteiger partial charge in [-0.05, 0) is 63.8 Å². The van der Waals surface area contributed by atoms with Crippen LogP contribution in [0.15, 0.2) is 77.4 Å². The van der Waals surface area contributed by atoms with Gasteiger partial charge < -0.3 is 19.8 Å². The van der Waals surface area contributed by atoms with Crippen molar-refractivity contribution in [2.75, 3.05) is 13.7 Å². The van der Waals surface area contributed by atoms with Crippen molar-refractivity contribution >= 4 is 39.2 Å². The largest absolute Gasteiger partial charge is 0.493 e. The van der Waals surface area contributed by atoms with Crippen LogP contribution in [0.5, 0.6) is 11.5 Å². The van der Waals surface area contributed by atoms with Crippen LogP contribution in [-0.4, -0.2) is 18.6 Å². The highest BCUT2D eigenvalue weighted by Crippen LogP contribution is 2.37. The Hall–Kier alpha value is -2.47. The Morgan fingerprint density at radius 3 is 2.55 bits per heavy atom. The fourth-order valence-electron chi connectivity index (χ4n) is 3.54. The van der Waals surface area contributed by atoms with E-state index >= 15 is 0 Å². The molecule has 0 fully saturated rings. The Balaban J connectivity index is 0.00000272. The minimum Gasteiger partial charge on any atom is -0.493 e. The second-order valence-corrected chi connectivity index (χ2v) is 8.02. The van der Waals surface area contributed by atoms with E-state index in [1.807, 2.05) is 36.4 Å². The molecule has 0 aliphatic heterocycles. The smallest absolute Gasteiger partial charge is 0.175 e. The van der Waals surface area contributed by atoms with Crippen molar-refractivity contribution < 1.29 is 9.47 Å². The number of methoxy groups -OCH3 is 1. The van der Waals surface area contributed by atoms with E-state index in [9.17, 15) is 0 Å². The van der Waals surface area contributed by atoms with Crippen molar-refractivity contribution in [2.24, 2.45) is 0 Å². The maximum atomic E-state index is 6.02. The number of rotatable bonds is 9. The summed E-state index contributed by atoms with van der Waals surface area (Å²) >= 11 is 3.64. The molecule has 4 rings (SSSR count). The van der Waals surface area contributed by atoms with Gasteiger partial charge in [0.2, 0.25) is 0 Å². The highest BCUT2D eigenvalue weighted by Gasteiger charge is 2.12. The molecule has 0 aliphatic carbocycles. The van der Waals surface area contributed by atoms with Crippen LogP contribution in [0.25, 0.3) is 10.9 Å². The van der Waals surface area contributed by atoms with Crippen LogP contribution in [-0.2, 0) is 19.6 Å². The summed E-state index contributed by atoms with van der Waals surface area (Å²) in [5, 5.41) is 4.82. The standard InChI is InChI=1S/C25H25BrN2O2.ClH/c1-29-24-14-19(13-22(26)25(24)30-17-18-7-3-2-4-8-18)15-27-12-11-20-16-28-23-10-6-5-9-21(20)23;/h2-10,13-14,16,27-28H,11-12,15,17H2,1H3;1H. The molecule has 0 saturated carbocycles. The third kappa shape index (κ3) is 5.82. The molecule has 0 unspecified atom stereocenters. The molecule has 0 spiro atoms. The second kappa shape index (κ2) is 11.2. The third-order valence-electron chi connectivity index (χ3n) is 5.09. The van der Waals surface area contributed by atoms with Crippen LogP contribution in [0.2, 0.25) is 0 Å². The van der Waals surface area contributed by atoms with Crippen molar-refractivity contribution in [3.05, 3.63) is 94.1 Å². The number of halogens is 2. The zero-order valence-electron chi connectivity index (χ0n) is 17.4. The normalized spacial score (nSPS) is 10.6. The molecule has 4 aromatic rings. The number of aromatic nitrogens is 1. The topological polar surface area (TPSA) is 46.3 Å². The minimum atomic E-state index is 0. The molecule has 31 heavy (non-hydrogen) atoms. The van der Waals surface area contributed by atoms with Crippen LogP contribution in [0.4, 0.5) is 0 Å². The molecule has 162 valence electrons. The van der Waals surface area contributed by atoms with Crippen LogP contribution in [0.3, 0.4) is 0 Å². The monoisotopic (exact) mass is 500 g/mol. The number of nitrogens with one attached hydrogen (secondary N) is 2. The van der Waals surface area contributed by atoms with E-state index in [2.05, 4.69) is 62.8 Å². The maximum Gasteiger partial charge on any atom is 0.175 e. The summed E-state index contributed by atoms with van der Waals surface area (Å²) < 4.78 is 12.5. The molecule has 1 heterocycles. The molecule has 0 amide bonds. The Morgan fingerprint density at radius 1 is 0.968 bits per heavy atom. The van der Waals surface area contributed by atoms with Crippen LogP contribution in [0.1, 0.15) is 16.7 Å². The molecule has 6 heteroatoms. The van der Waals surface area contributed by atoms with Gasteiger partial charge in [0, 0.05) is 23.6 Å². The second-order valence-electron chi connectivity index (χ2n) is 7.17. The molecular weight excluding hydrogens is 476 g/mol. The average Bonchev–Trinajstić information content (AvgIpc) is 3.19. The minimum absolute atomic E-state index is 0. The van der Waals surface area contributed by atoms with Gasteiger partial charge in [0.15, 0.2) is 11.5 Å². The number of ether oxygens (including phenoxy) is 2. The summed E-state index contributed by atoms with van der Waals surface area (Å²) in [6.45, 7) is 2.16. The predicted octanol–water partition coefficient (Wildman–Crippen LogP) is 6.27. The molecule has 0 aliphatic rings. The van der Waals surface area contributed by atoms with Crippen LogP contribution in [0, 0.1) is 0 Å². The molecule has 4 nitrogen and oxygen atoms in total. The van der Waals surface area contributed by atoms with E-state index in [-0.39, 0.29) is 12.4 Å². The number of para-hydroxylation sites is 1. The van der Waals surface area contributed by atoms with Gasteiger partial charge in [0.05, 0.1) is 11.6 Å². The Kier molecular flexibility index (Phi) is 8.41. The van der Waals surface area contributed by atoms with E-state index in [1.54, 1.807) is 7.11 Å². The SMILES string of the molecule is COc1cc(CNCCc2c[nH]c3ccccc23)cc(Br)c1OCc1ccccc1.Cl. The molecule has 0 bridgehead atoms.